The number of carbonyl (C=O) groups is 1. The van der Waals surface area contributed by atoms with E-state index in [-0.39, 0.29) is 6.03 Å². The Labute approximate surface area is 145 Å². The van der Waals surface area contributed by atoms with Crippen molar-refractivity contribution >= 4 is 6.03 Å². The SMILES string of the molecule is CCCCCCCCCCCC[N+](C)(C)CCN(CC)C(N)=O. The number of hydrogen-bond donors (Lipinski definition) is 1. The first-order chi connectivity index (χ1) is 10.9. The van der Waals surface area contributed by atoms with Crippen LogP contribution in [0.5, 0.6) is 0 Å². The van der Waals surface area contributed by atoms with Crippen molar-refractivity contribution in [3.05, 3.63) is 0 Å². The molecule has 0 aliphatic heterocycles. The number of quaternary nitrogens is 1. The van der Waals surface area contributed by atoms with Gasteiger partial charge in [0, 0.05) is 6.54 Å². The Morgan fingerprint density at radius 3 is 1.74 bits per heavy atom. The van der Waals surface area contributed by atoms with Crippen LogP contribution in [0.25, 0.3) is 0 Å². The molecule has 0 aliphatic carbocycles. The van der Waals surface area contributed by atoms with Gasteiger partial charge >= 0.3 is 6.03 Å². The molecule has 0 bridgehead atoms. The second-order valence-corrected chi connectivity index (χ2v) is 7.48. The molecule has 0 rings (SSSR count). The molecule has 0 radical (unpaired) electrons. The second kappa shape index (κ2) is 13.6. The predicted octanol–water partition coefficient (Wildman–Crippen LogP) is 4.38. The van der Waals surface area contributed by atoms with E-state index in [4.69, 9.17) is 5.73 Å². The number of nitrogens with zero attached hydrogens (tertiary/aromatic N) is 2. The van der Waals surface area contributed by atoms with E-state index in [0.717, 1.165) is 17.6 Å². The minimum Gasteiger partial charge on any atom is -0.351 e. The number of carbonyl (C=O) groups excluding carboxylic acids is 1. The molecule has 2 N–H and O–H groups in total. The molecule has 23 heavy (non-hydrogen) atoms. The molecule has 0 aliphatic rings. The van der Waals surface area contributed by atoms with Gasteiger partial charge in [-0.1, -0.05) is 58.3 Å². The highest BCUT2D eigenvalue weighted by Gasteiger charge is 2.17. The molecule has 0 saturated carbocycles. The van der Waals surface area contributed by atoms with Crippen LogP contribution >= 0.6 is 0 Å². The zero-order valence-corrected chi connectivity index (χ0v) is 16.3. The van der Waals surface area contributed by atoms with Crippen LogP contribution in [0.1, 0.15) is 78.1 Å². The van der Waals surface area contributed by atoms with Crippen LogP contribution in [0.15, 0.2) is 0 Å². The molecule has 4 heteroatoms. The number of unbranched alkanes of at least 4 members (excludes halogenated alkanes) is 9. The quantitative estimate of drug-likeness (QED) is 0.352. The van der Waals surface area contributed by atoms with Gasteiger partial charge in [-0.3, -0.25) is 0 Å². The van der Waals surface area contributed by atoms with Crippen molar-refractivity contribution in [1.29, 1.82) is 0 Å². The summed E-state index contributed by atoms with van der Waals surface area (Å²) in [6.07, 6.45) is 13.8. The van der Waals surface area contributed by atoms with E-state index in [0.29, 0.717) is 6.54 Å². The highest BCUT2D eigenvalue weighted by Crippen LogP contribution is 2.11. The number of likely N-dealkylation sites (N-methyl/N-ethyl adjacent to an activating group) is 2. The van der Waals surface area contributed by atoms with Gasteiger partial charge in [-0.15, -0.1) is 0 Å². The minimum atomic E-state index is -0.300. The number of nitrogens with two attached hydrogens (primary N) is 1. The molecule has 0 spiro atoms. The van der Waals surface area contributed by atoms with Crippen LogP contribution in [0, 0.1) is 0 Å². The lowest BCUT2D eigenvalue weighted by Crippen LogP contribution is -2.48. The molecule has 138 valence electrons. The van der Waals surface area contributed by atoms with E-state index >= 15 is 0 Å². The Hall–Kier alpha value is -0.770. The number of rotatable bonds is 15. The van der Waals surface area contributed by atoms with E-state index in [9.17, 15) is 4.79 Å². The summed E-state index contributed by atoms with van der Waals surface area (Å²) in [7, 11) is 4.51. The molecule has 0 fully saturated rings. The number of hydrogen-bond acceptors (Lipinski definition) is 1. The van der Waals surface area contributed by atoms with Crippen LogP contribution in [-0.4, -0.2) is 55.7 Å². The summed E-state index contributed by atoms with van der Waals surface area (Å²) in [5.74, 6) is 0. The fourth-order valence-corrected chi connectivity index (χ4v) is 2.95. The second-order valence-electron chi connectivity index (χ2n) is 7.48. The van der Waals surface area contributed by atoms with E-state index in [1.54, 1.807) is 4.90 Å². The Balaban J connectivity index is 3.57. The minimum absolute atomic E-state index is 0.300. The fraction of sp³-hybridized carbons (Fsp3) is 0.947. The first-order valence-corrected chi connectivity index (χ1v) is 9.79. The molecular weight excluding hydrogens is 286 g/mol. The molecule has 0 aromatic rings. The zero-order chi connectivity index (χ0) is 17.6. The van der Waals surface area contributed by atoms with Crippen molar-refractivity contribution in [2.75, 3.05) is 40.3 Å². The van der Waals surface area contributed by atoms with Gasteiger partial charge in [0.2, 0.25) is 0 Å². The van der Waals surface area contributed by atoms with Crippen LogP contribution in [-0.2, 0) is 0 Å². The summed E-state index contributed by atoms with van der Waals surface area (Å²) in [6, 6.07) is -0.300. The van der Waals surface area contributed by atoms with Gasteiger partial charge in [0.1, 0.15) is 0 Å². The Kier molecular flexibility index (Phi) is 13.2. The van der Waals surface area contributed by atoms with Gasteiger partial charge < -0.3 is 15.1 Å². The van der Waals surface area contributed by atoms with Gasteiger partial charge in [0.25, 0.3) is 0 Å². The number of amides is 2. The molecular formula is C19H42N3O+. The van der Waals surface area contributed by atoms with Gasteiger partial charge in [-0.2, -0.15) is 0 Å². The largest absolute Gasteiger partial charge is 0.351 e. The Morgan fingerprint density at radius 1 is 0.826 bits per heavy atom. The third kappa shape index (κ3) is 13.4. The van der Waals surface area contributed by atoms with Crippen LogP contribution in [0.2, 0.25) is 0 Å². The van der Waals surface area contributed by atoms with Crippen LogP contribution in [0.3, 0.4) is 0 Å². The first-order valence-electron chi connectivity index (χ1n) is 9.79. The number of urea groups is 1. The number of primary amides is 1. The maximum atomic E-state index is 11.2. The third-order valence-electron chi connectivity index (χ3n) is 4.79. The smallest absolute Gasteiger partial charge is 0.314 e. The summed E-state index contributed by atoms with van der Waals surface area (Å²) < 4.78 is 0.973. The monoisotopic (exact) mass is 328 g/mol. The van der Waals surface area contributed by atoms with Crippen molar-refractivity contribution < 1.29 is 9.28 Å². The maximum Gasteiger partial charge on any atom is 0.314 e. The molecule has 0 aromatic carbocycles. The Bertz CT molecular complexity index is 292. The highest BCUT2D eigenvalue weighted by atomic mass is 16.2. The van der Waals surface area contributed by atoms with E-state index < -0.39 is 0 Å². The predicted molar refractivity (Wildman–Crippen MR) is 101 cm³/mol. The van der Waals surface area contributed by atoms with E-state index in [2.05, 4.69) is 21.0 Å². The van der Waals surface area contributed by atoms with Gasteiger partial charge in [0.15, 0.2) is 0 Å². The molecule has 4 nitrogen and oxygen atoms in total. The average molecular weight is 329 g/mol. The van der Waals surface area contributed by atoms with Crippen molar-refractivity contribution in [2.24, 2.45) is 5.73 Å². The lowest BCUT2D eigenvalue weighted by atomic mass is 10.1. The Morgan fingerprint density at radius 2 is 1.30 bits per heavy atom. The lowest BCUT2D eigenvalue weighted by Gasteiger charge is -2.32. The van der Waals surface area contributed by atoms with Crippen molar-refractivity contribution in [1.82, 2.24) is 4.90 Å². The first kappa shape index (κ1) is 22.2. The van der Waals surface area contributed by atoms with Gasteiger partial charge in [0.05, 0.1) is 33.7 Å². The van der Waals surface area contributed by atoms with Gasteiger partial charge in [-0.05, 0) is 19.8 Å². The van der Waals surface area contributed by atoms with Gasteiger partial charge in [-0.25, -0.2) is 4.79 Å². The van der Waals surface area contributed by atoms with Crippen LogP contribution < -0.4 is 5.73 Å². The topological polar surface area (TPSA) is 46.3 Å². The summed E-state index contributed by atoms with van der Waals surface area (Å²) in [6.45, 7) is 7.88. The van der Waals surface area contributed by atoms with Crippen molar-refractivity contribution in [3.8, 4) is 0 Å². The van der Waals surface area contributed by atoms with E-state index in [1.165, 1.54) is 70.8 Å². The van der Waals surface area contributed by atoms with Crippen molar-refractivity contribution in [3.63, 3.8) is 0 Å². The summed E-state index contributed by atoms with van der Waals surface area (Å²) in [5, 5.41) is 0. The molecule has 0 heterocycles. The zero-order valence-electron chi connectivity index (χ0n) is 16.3. The summed E-state index contributed by atoms with van der Waals surface area (Å²) in [4.78, 5) is 13.0. The molecule has 0 unspecified atom stereocenters. The molecule has 0 atom stereocenters. The summed E-state index contributed by atoms with van der Waals surface area (Å²) >= 11 is 0. The highest BCUT2D eigenvalue weighted by molar-refractivity contribution is 5.71. The van der Waals surface area contributed by atoms with Crippen molar-refractivity contribution in [2.45, 2.75) is 78.1 Å². The summed E-state index contributed by atoms with van der Waals surface area (Å²) in [5.41, 5.74) is 5.36. The molecule has 0 saturated heterocycles. The van der Waals surface area contributed by atoms with Crippen LogP contribution in [0.4, 0.5) is 4.79 Å². The maximum absolute atomic E-state index is 11.2. The normalized spacial score (nSPS) is 11.7. The fourth-order valence-electron chi connectivity index (χ4n) is 2.95. The molecule has 0 aromatic heterocycles. The van der Waals surface area contributed by atoms with E-state index in [1.807, 2.05) is 6.92 Å². The third-order valence-corrected chi connectivity index (χ3v) is 4.79. The average Bonchev–Trinajstić information content (AvgIpc) is 2.49. The lowest BCUT2D eigenvalue weighted by molar-refractivity contribution is -0.889. The standard InChI is InChI=1S/C19H41N3O/c1-5-7-8-9-10-11-12-13-14-15-17-22(3,4)18-16-21(6-2)19(20)23/h5-18H2,1-4H3,(H-,20,23)/p+1. The molecule has 2 amide bonds.